The van der Waals surface area contributed by atoms with Crippen LogP contribution in [0.4, 0.5) is 0 Å². The van der Waals surface area contributed by atoms with E-state index in [4.69, 9.17) is 4.74 Å². The third-order valence-corrected chi connectivity index (χ3v) is 4.11. The van der Waals surface area contributed by atoms with Crippen LogP contribution in [0.1, 0.15) is 37.7 Å². The summed E-state index contributed by atoms with van der Waals surface area (Å²) >= 11 is 0. The molecule has 6 heteroatoms. The van der Waals surface area contributed by atoms with Gasteiger partial charge in [-0.1, -0.05) is 6.07 Å². The van der Waals surface area contributed by atoms with Crippen molar-refractivity contribution in [1.29, 1.82) is 0 Å². The molecule has 0 aromatic heterocycles. The Hall–Kier alpha value is -2.05. The van der Waals surface area contributed by atoms with Crippen LogP contribution >= 0.6 is 0 Å². The fraction of sp³-hybridized carbons (Fsp3) is 0.471. The highest BCUT2D eigenvalue weighted by Gasteiger charge is 2.32. The minimum Gasteiger partial charge on any atom is -0.504 e. The molecule has 1 saturated carbocycles. The predicted octanol–water partition coefficient (Wildman–Crippen LogP) is 1.71. The minimum absolute atomic E-state index is 0.108. The van der Waals surface area contributed by atoms with Gasteiger partial charge in [-0.15, -0.1) is 0 Å². The lowest BCUT2D eigenvalue weighted by molar-refractivity contribution is -0.140. The summed E-state index contributed by atoms with van der Waals surface area (Å²) in [5.41, 5.74) is -0.316. The van der Waals surface area contributed by atoms with Crippen LogP contribution in [-0.4, -0.2) is 44.7 Å². The molecule has 0 spiro atoms. The molecule has 6 nitrogen and oxygen atoms in total. The van der Waals surface area contributed by atoms with Gasteiger partial charge in [-0.25, -0.2) is 4.79 Å². The molecule has 0 aliphatic heterocycles. The van der Waals surface area contributed by atoms with Gasteiger partial charge in [0.25, 0.3) is 0 Å². The Morgan fingerprint density at radius 3 is 2.61 bits per heavy atom. The number of rotatable bonds is 5. The lowest BCUT2D eigenvalue weighted by Crippen LogP contribution is -2.36. The van der Waals surface area contributed by atoms with Gasteiger partial charge in [0, 0.05) is 12.5 Å². The molecule has 0 bridgehead atoms. The number of ether oxygens (including phenoxy) is 1. The fourth-order valence-corrected chi connectivity index (χ4v) is 2.59. The summed E-state index contributed by atoms with van der Waals surface area (Å²) in [5.74, 6) is -1.03. The van der Waals surface area contributed by atoms with Gasteiger partial charge in [0.2, 0.25) is 0 Å². The monoisotopic (exact) mass is 322 g/mol. The lowest BCUT2D eigenvalue weighted by Gasteiger charge is -2.34. The summed E-state index contributed by atoms with van der Waals surface area (Å²) in [7, 11) is 0. The Morgan fingerprint density at radius 1 is 1.26 bits per heavy atom. The summed E-state index contributed by atoms with van der Waals surface area (Å²) in [5, 5.41) is 38.3. The number of hydrogen-bond donors (Lipinski definition) is 4. The molecule has 23 heavy (non-hydrogen) atoms. The SMILES string of the molecule is O=C(C=Cc1ccc(O)c(O)c1)OCCC1(O)CCC(O)CC1. The predicted molar refractivity (Wildman–Crippen MR) is 83.8 cm³/mol. The van der Waals surface area contributed by atoms with E-state index in [0.29, 0.717) is 37.7 Å². The van der Waals surface area contributed by atoms with Crippen LogP contribution in [-0.2, 0) is 9.53 Å². The fourth-order valence-electron chi connectivity index (χ4n) is 2.59. The topological polar surface area (TPSA) is 107 Å². The number of benzene rings is 1. The first-order chi connectivity index (χ1) is 10.9. The van der Waals surface area contributed by atoms with Crippen LogP contribution in [0.25, 0.3) is 6.08 Å². The molecule has 0 saturated heterocycles. The van der Waals surface area contributed by atoms with Gasteiger partial charge in [0.15, 0.2) is 11.5 Å². The number of hydrogen-bond acceptors (Lipinski definition) is 6. The standard InChI is InChI=1S/C17H22O6/c18-13-5-7-17(22,8-6-13)9-10-23-16(21)4-2-12-1-3-14(19)15(20)11-12/h1-4,11,13,18-20,22H,5-10H2. The number of carbonyl (C=O) groups excluding carboxylic acids is 1. The van der Waals surface area contributed by atoms with Crippen molar-refractivity contribution in [3.05, 3.63) is 29.8 Å². The van der Waals surface area contributed by atoms with Crippen LogP contribution in [0.2, 0.25) is 0 Å². The Morgan fingerprint density at radius 2 is 1.96 bits per heavy atom. The van der Waals surface area contributed by atoms with Crippen molar-refractivity contribution >= 4 is 12.0 Å². The van der Waals surface area contributed by atoms with Gasteiger partial charge in [-0.3, -0.25) is 0 Å². The summed E-state index contributed by atoms with van der Waals surface area (Å²) in [6, 6.07) is 4.21. The van der Waals surface area contributed by atoms with E-state index < -0.39 is 11.6 Å². The molecule has 126 valence electrons. The highest BCUT2D eigenvalue weighted by Crippen LogP contribution is 2.31. The largest absolute Gasteiger partial charge is 0.504 e. The quantitative estimate of drug-likeness (QED) is 0.373. The number of aliphatic hydroxyl groups excluding tert-OH is 1. The van der Waals surface area contributed by atoms with Crippen molar-refractivity contribution in [2.24, 2.45) is 0 Å². The highest BCUT2D eigenvalue weighted by molar-refractivity contribution is 5.87. The second-order valence-electron chi connectivity index (χ2n) is 5.95. The van der Waals surface area contributed by atoms with Crippen molar-refractivity contribution in [3.8, 4) is 11.5 Å². The summed E-state index contributed by atoms with van der Waals surface area (Å²) in [6.45, 7) is 0.108. The summed E-state index contributed by atoms with van der Waals surface area (Å²) in [6.07, 6.45) is 4.83. The Bertz CT molecular complexity index is 572. The number of phenolic OH excluding ortho intramolecular Hbond substituents is 2. The molecule has 2 rings (SSSR count). The molecule has 0 atom stereocenters. The molecule has 1 fully saturated rings. The molecule has 1 aromatic rings. The van der Waals surface area contributed by atoms with E-state index in [-0.39, 0.29) is 24.2 Å². The van der Waals surface area contributed by atoms with E-state index in [1.165, 1.54) is 24.3 Å². The van der Waals surface area contributed by atoms with Crippen molar-refractivity contribution in [1.82, 2.24) is 0 Å². The third kappa shape index (κ3) is 5.26. The molecule has 1 aliphatic rings. The van der Waals surface area contributed by atoms with E-state index in [1.54, 1.807) is 6.07 Å². The second kappa shape index (κ2) is 7.48. The minimum atomic E-state index is -0.869. The molecule has 0 amide bonds. The molecule has 0 radical (unpaired) electrons. The van der Waals surface area contributed by atoms with Gasteiger partial charge in [0.1, 0.15) is 0 Å². The van der Waals surface area contributed by atoms with Gasteiger partial charge in [0.05, 0.1) is 18.3 Å². The molecule has 0 unspecified atom stereocenters. The average molecular weight is 322 g/mol. The third-order valence-electron chi connectivity index (χ3n) is 4.11. The molecule has 1 aliphatic carbocycles. The molecular formula is C17H22O6. The maximum Gasteiger partial charge on any atom is 0.330 e. The number of aromatic hydroxyl groups is 2. The molecular weight excluding hydrogens is 300 g/mol. The Labute approximate surface area is 134 Å². The number of aliphatic hydroxyl groups is 2. The van der Waals surface area contributed by atoms with Crippen molar-refractivity contribution in [2.45, 2.75) is 43.8 Å². The lowest BCUT2D eigenvalue weighted by atomic mass is 9.81. The smallest absolute Gasteiger partial charge is 0.330 e. The zero-order chi connectivity index (χ0) is 16.9. The maximum absolute atomic E-state index is 11.6. The van der Waals surface area contributed by atoms with E-state index in [0.717, 1.165) is 0 Å². The Kier molecular flexibility index (Phi) is 5.63. The van der Waals surface area contributed by atoms with Crippen LogP contribution < -0.4 is 0 Å². The van der Waals surface area contributed by atoms with Crippen LogP contribution in [0, 0.1) is 0 Å². The van der Waals surface area contributed by atoms with Crippen LogP contribution in [0.15, 0.2) is 24.3 Å². The van der Waals surface area contributed by atoms with E-state index >= 15 is 0 Å². The normalized spacial score (nSPS) is 24.7. The Balaban J connectivity index is 1.76. The summed E-state index contributed by atoms with van der Waals surface area (Å²) in [4.78, 5) is 11.6. The van der Waals surface area contributed by atoms with Gasteiger partial charge < -0.3 is 25.2 Å². The number of carbonyl (C=O) groups is 1. The number of esters is 1. The second-order valence-corrected chi connectivity index (χ2v) is 5.95. The van der Waals surface area contributed by atoms with E-state index in [1.807, 2.05) is 0 Å². The van der Waals surface area contributed by atoms with E-state index in [9.17, 15) is 25.2 Å². The highest BCUT2D eigenvalue weighted by atomic mass is 16.5. The first-order valence-electron chi connectivity index (χ1n) is 7.65. The molecule has 0 heterocycles. The molecule has 4 N–H and O–H groups in total. The van der Waals surface area contributed by atoms with Gasteiger partial charge in [-0.05, 0) is 49.5 Å². The zero-order valence-electron chi connectivity index (χ0n) is 12.8. The van der Waals surface area contributed by atoms with Crippen LogP contribution in [0.3, 0.4) is 0 Å². The average Bonchev–Trinajstić information content (AvgIpc) is 2.52. The van der Waals surface area contributed by atoms with E-state index in [2.05, 4.69) is 0 Å². The number of phenols is 2. The maximum atomic E-state index is 11.6. The van der Waals surface area contributed by atoms with Crippen molar-refractivity contribution in [3.63, 3.8) is 0 Å². The first-order valence-corrected chi connectivity index (χ1v) is 7.65. The molecule has 1 aromatic carbocycles. The van der Waals surface area contributed by atoms with Crippen molar-refractivity contribution in [2.75, 3.05) is 6.61 Å². The van der Waals surface area contributed by atoms with Crippen LogP contribution in [0.5, 0.6) is 11.5 Å². The van der Waals surface area contributed by atoms with Gasteiger partial charge in [-0.2, -0.15) is 0 Å². The first kappa shape index (κ1) is 17.3. The summed E-state index contributed by atoms with van der Waals surface area (Å²) < 4.78 is 5.05. The van der Waals surface area contributed by atoms with Crippen molar-refractivity contribution < 1.29 is 30.0 Å². The van der Waals surface area contributed by atoms with Gasteiger partial charge >= 0.3 is 5.97 Å². The zero-order valence-corrected chi connectivity index (χ0v) is 12.8.